The van der Waals surface area contributed by atoms with Crippen LogP contribution in [-0.2, 0) is 14.3 Å². The van der Waals surface area contributed by atoms with Crippen LogP contribution >= 0.6 is 11.6 Å². The molecule has 0 saturated carbocycles. The number of hydrogen-bond acceptors (Lipinski definition) is 5. The zero-order valence-corrected chi connectivity index (χ0v) is 15.1. The first kappa shape index (κ1) is 19.8. The number of hydrogen-bond donors (Lipinski definition) is 1. The van der Waals surface area contributed by atoms with E-state index in [2.05, 4.69) is 5.32 Å². The van der Waals surface area contributed by atoms with Crippen molar-refractivity contribution in [1.29, 1.82) is 0 Å². The van der Waals surface area contributed by atoms with E-state index in [0.29, 0.717) is 35.2 Å². The van der Waals surface area contributed by atoms with Crippen LogP contribution < -0.4 is 10.1 Å². The summed E-state index contributed by atoms with van der Waals surface area (Å²) in [6, 6.07) is 13.1. The Kier molecular flexibility index (Phi) is 7.92. The van der Waals surface area contributed by atoms with Crippen LogP contribution in [0.15, 0.2) is 48.5 Å². The van der Waals surface area contributed by atoms with Crippen LogP contribution in [0.25, 0.3) is 0 Å². The Hall–Kier alpha value is -2.57. The zero-order valence-electron chi connectivity index (χ0n) is 14.4. The van der Waals surface area contributed by atoms with Crippen molar-refractivity contribution in [3.8, 4) is 5.75 Å². The van der Waals surface area contributed by atoms with Crippen LogP contribution in [0.4, 0.5) is 5.69 Å². The van der Waals surface area contributed by atoms with Crippen molar-refractivity contribution < 1.29 is 23.8 Å². The molecule has 0 fully saturated rings. The van der Waals surface area contributed by atoms with Crippen molar-refractivity contribution in [1.82, 2.24) is 0 Å². The maximum absolute atomic E-state index is 11.9. The van der Waals surface area contributed by atoms with Gasteiger partial charge in [0.2, 0.25) is 0 Å². The Balaban J connectivity index is 1.77. The lowest BCUT2D eigenvalue weighted by atomic mass is 10.2. The summed E-state index contributed by atoms with van der Waals surface area (Å²) in [4.78, 5) is 23.7. The number of carbonyl (C=O) groups is 2. The van der Waals surface area contributed by atoms with Crippen molar-refractivity contribution >= 4 is 29.2 Å². The average Bonchev–Trinajstić information content (AvgIpc) is 2.65. The van der Waals surface area contributed by atoms with E-state index in [0.717, 1.165) is 0 Å². The molecule has 0 aromatic heterocycles. The summed E-state index contributed by atoms with van der Waals surface area (Å²) in [5.74, 6) is -0.199. The van der Waals surface area contributed by atoms with Gasteiger partial charge in [0.15, 0.2) is 6.61 Å². The van der Waals surface area contributed by atoms with Gasteiger partial charge in [0.25, 0.3) is 5.91 Å². The highest BCUT2D eigenvalue weighted by molar-refractivity contribution is 6.30. The quantitative estimate of drug-likeness (QED) is 0.534. The molecule has 0 saturated heterocycles. The molecule has 2 rings (SSSR count). The smallest absolute Gasteiger partial charge is 0.338 e. The highest BCUT2D eigenvalue weighted by Crippen LogP contribution is 2.15. The van der Waals surface area contributed by atoms with Crippen molar-refractivity contribution in [3.63, 3.8) is 0 Å². The normalized spacial score (nSPS) is 10.2. The fourth-order valence-electron chi connectivity index (χ4n) is 1.99. The monoisotopic (exact) mass is 377 g/mol. The number of rotatable bonds is 9. The standard InChI is InChI=1S/C19H20ClNO5/c1-2-24-11-12-25-19(23)14-3-7-16(8-4-14)21-18(22)13-26-17-9-5-15(20)6-10-17/h3-10H,2,11-13H2,1H3,(H,21,22). The summed E-state index contributed by atoms with van der Waals surface area (Å²) in [5, 5.41) is 3.28. The summed E-state index contributed by atoms with van der Waals surface area (Å²) in [5.41, 5.74) is 0.956. The second kappa shape index (κ2) is 10.4. The first-order valence-corrected chi connectivity index (χ1v) is 8.49. The molecule has 0 aliphatic rings. The molecule has 1 N–H and O–H groups in total. The number of halogens is 1. The fourth-order valence-corrected chi connectivity index (χ4v) is 2.11. The number of benzene rings is 2. The van der Waals surface area contributed by atoms with Crippen LogP contribution in [0.3, 0.4) is 0 Å². The fraction of sp³-hybridized carbons (Fsp3) is 0.263. The van der Waals surface area contributed by atoms with Crippen LogP contribution in [0, 0.1) is 0 Å². The van der Waals surface area contributed by atoms with E-state index in [4.69, 9.17) is 25.8 Å². The van der Waals surface area contributed by atoms with E-state index in [1.807, 2.05) is 6.92 Å². The summed E-state index contributed by atoms with van der Waals surface area (Å²) in [6.45, 7) is 2.88. The highest BCUT2D eigenvalue weighted by atomic mass is 35.5. The lowest BCUT2D eigenvalue weighted by Crippen LogP contribution is -2.20. The van der Waals surface area contributed by atoms with Gasteiger partial charge in [0.05, 0.1) is 12.2 Å². The Labute approximate surface area is 157 Å². The number of anilines is 1. The van der Waals surface area contributed by atoms with Gasteiger partial charge in [-0.3, -0.25) is 4.79 Å². The summed E-state index contributed by atoms with van der Waals surface area (Å²) < 4.78 is 15.5. The van der Waals surface area contributed by atoms with E-state index in [1.165, 1.54) is 0 Å². The Morgan fingerprint density at radius 1 is 1.00 bits per heavy atom. The molecule has 2 aromatic rings. The van der Waals surface area contributed by atoms with Gasteiger partial charge in [0.1, 0.15) is 12.4 Å². The minimum absolute atomic E-state index is 0.136. The molecule has 26 heavy (non-hydrogen) atoms. The average molecular weight is 378 g/mol. The second-order valence-electron chi connectivity index (χ2n) is 5.20. The number of ether oxygens (including phenoxy) is 3. The molecule has 0 bridgehead atoms. The van der Waals surface area contributed by atoms with Crippen molar-refractivity contribution in [2.24, 2.45) is 0 Å². The molecule has 0 radical (unpaired) electrons. The largest absolute Gasteiger partial charge is 0.484 e. The minimum Gasteiger partial charge on any atom is -0.484 e. The molecule has 138 valence electrons. The molecular formula is C19H20ClNO5. The third-order valence-corrected chi connectivity index (χ3v) is 3.50. The SMILES string of the molecule is CCOCCOC(=O)c1ccc(NC(=O)COc2ccc(Cl)cc2)cc1. The summed E-state index contributed by atoms with van der Waals surface area (Å²) >= 11 is 5.78. The van der Waals surface area contributed by atoms with E-state index in [1.54, 1.807) is 48.5 Å². The number of amides is 1. The lowest BCUT2D eigenvalue weighted by Gasteiger charge is -2.08. The Bertz CT molecular complexity index is 716. The maximum atomic E-state index is 11.9. The third kappa shape index (κ3) is 6.74. The van der Waals surface area contributed by atoms with Gasteiger partial charge in [-0.15, -0.1) is 0 Å². The molecule has 0 atom stereocenters. The van der Waals surface area contributed by atoms with E-state index >= 15 is 0 Å². The molecule has 1 amide bonds. The Morgan fingerprint density at radius 3 is 2.35 bits per heavy atom. The Morgan fingerprint density at radius 2 is 1.69 bits per heavy atom. The predicted molar refractivity (Wildman–Crippen MR) is 98.8 cm³/mol. The molecule has 0 aliphatic carbocycles. The molecular weight excluding hydrogens is 358 g/mol. The second-order valence-corrected chi connectivity index (χ2v) is 5.64. The molecule has 0 unspecified atom stereocenters. The summed E-state index contributed by atoms with van der Waals surface area (Å²) in [7, 11) is 0. The van der Waals surface area contributed by atoms with Crippen LogP contribution in [-0.4, -0.2) is 38.3 Å². The van der Waals surface area contributed by atoms with Gasteiger partial charge in [-0.05, 0) is 55.5 Å². The van der Waals surface area contributed by atoms with Gasteiger partial charge in [-0.25, -0.2) is 4.79 Å². The van der Waals surface area contributed by atoms with E-state index in [9.17, 15) is 9.59 Å². The molecule has 0 heterocycles. The van der Waals surface area contributed by atoms with E-state index < -0.39 is 5.97 Å². The number of nitrogens with one attached hydrogen (secondary N) is 1. The van der Waals surface area contributed by atoms with E-state index in [-0.39, 0.29) is 19.1 Å². The molecule has 7 heteroatoms. The van der Waals surface area contributed by atoms with Crippen LogP contribution in [0.2, 0.25) is 5.02 Å². The lowest BCUT2D eigenvalue weighted by molar-refractivity contribution is -0.118. The first-order valence-electron chi connectivity index (χ1n) is 8.11. The van der Waals surface area contributed by atoms with Crippen molar-refractivity contribution in [2.75, 3.05) is 31.7 Å². The van der Waals surface area contributed by atoms with Gasteiger partial charge >= 0.3 is 5.97 Å². The van der Waals surface area contributed by atoms with Crippen molar-refractivity contribution in [2.45, 2.75) is 6.92 Å². The van der Waals surface area contributed by atoms with Gasteiger partial charge in [-0.1, -0.05) is 11.6 Å². The molecule has 0 aliphatic heterocycles. The topological polar surface area (TPSA) is 73.9 Å². The predicted octanol–water partition coefficient (Wildman–Crippen LogP) is 3.55. The molecule has 6 nitrogen and oxygen atoms in total. The number of carbonyl (C=O) groups excluding carboxylic acids is 2. The zero-order chi connectivity index (χ0) is 18.8. The van der Waals surface area contributed by atoms with Gasteiger partial charge < -0.3 is 19.5 Å². The minimum atomic E-state index is -0.436. The van der Waals surface area contributed by atoms with Crippen LogP contribution in [0.5, 0.6) is 5.75 Å². The summed E-state index contributed by atoms with van der Waals surface area (Å²) in [6.07, 6.45) is 0. The molecule has 2 aromatic carbocycles. The molecule has 0 spiro atoms. The third-order valence-electron chi connectivity index (χ3n) is 3.25. The van der Waals surface area contributed by atoms with Crippen molar-refractivity contribution in [3.05, 3.63) is 59.1 Å². The highest BCUT2D eigenvalue weighted by Gasteiger charge is 2.08. The first-order chi connectivity index (χ1) is 12.6. The van der Waals surface area contributed by atoms with Gasteiger partial charge in [-0.2, -0.15) is 0 Å². The van der Waals surface area contributed by atoms with Crippen LogP contribution in [0.1, 0.15) is 17.3 Å². The maximum Gasteiger partial charge on any atom is 0.338 e. The van der Waals surface area contributed by atoms with Gasteiger partial charge in [0, 0.05) is 17.3 Å². The number of esters is 1.